The van der Waals surface area contributed by atoms with Gasteiger partial charge >= 0.3 is 0 Å². The van der Waals surface area contributed by atoms with Crippen molar-refractivity contribution >= 4 is 33.3 Å². The molecule has 226 valence electrons. The van der Waals surface area contributed by atoms with Gasteiger partial charge in [-0.15, -0.1) is 12.8 Å². The highest BCUT2D eigenvalue weighted by atomic mass is 16.6. The number of terminal acetylenes is 2. The van der Waals surface area contributed by atoms with Gasteiger partial charge in [-0.25, -0.2) is 0 Å². The average molecular weight is 613 g/mol. The van der Waals surface area contributed by atoms with Gasteiger partial charge in [0.1, 0.15) is 47.4 Å². The molecular formula is C36H24N2O8. The lowest BCUT2D eigenvalue weighted by Gasteiger charge is -2.09. The molecule has 0 aliphatic rings. The molecule has 6 aromatic rings. The minimum absolute atomic E-state index is 0.0267. The fourth-order valence-electron chi connectivity index (χ4n) is 4.52. The first-order chi connectivity index (χ1) is 22.3. The number of nitro groups is 1. The maximum Gasteiger partial charge on any atom is 0.280 e. The van der Waals surface area contributed by atoms with Crippen molar-refractivity contribution in [2.45, 2.75) is 0 Å². The quantitative estimate of drug-likeness (QED) is 0.0931. The predicted molar refractivity (Wildman–Crippen MR) is 176 cm³/mol. The van der Waals surface area contributed by atoms with Crippen LogP contribution in [0.25, 0.3) is 44.6 Å². The number of nitro benzene ring substituents is 1. The summed E-state index contributed by atoms with van der Waals surface area (Å²) in [6, 6.07) is 25.7. The normalized spacial score (nSPS) is 10.3. The number of hydrogen-bond donors (Lipinski definition) is 1. The van der Waals surface area contributed by atoms with Crippen molar-refractivity contribution in [3.63, 3.8) is 0 Å². The van der Waals surface area contributed by atoms with Gasteiger partial charge in [0.25, 0.3) is 5.69 Å². The first kappa shape index (κ1) is 30.7. The third-order valence-corrected chi connectivity index (χ3v) is 6.63. The molecule has 4 aromatic carbocycles. The van der Waals surface area contributed by atoms with Gasteiger partial charge in [-0.3, -0.25) is 19.7 Å². The van der Waals surface area contributed by atoms with Gasteiger partial charge in [-0.2, -0.15) is 0 Å². The SMILES string of the molecule is C#CCOc1ccc(N)c(-c2cc(=O)c3ccccc3o2)c1.C#CCOc1ccc([N+](=O)[O-])c(-c2cc(=O)c3ccccc3o2)c1. The zero-order chi connectivity index (χ0) is 32.6. The number of benzene rings is 4. The Balaban J connectivity index is 0.000000182. The Kier molecular flexibility index (Phi) is 9.12. The van der Waals surface area contributed by atoms with E-state index in [0.29, 0.717) is 50.4 Å². The summed E-state index contributed by atoms with van der Waals surface area (Å²) in [5.74, 6) is 6.12. The van der Waals surface area contributed by atoms with Gasteiger partial charge in [-0.1, -0.05) is 36.1 Å². The molecular weight excluding hydrogens is 588 g/mol. The second-order valence-electron chi connectivity index (χ2n) is 9.61. The van der Waals surface area contributed by atoms with Crippen LogP contribution in [0.15, 0.2) is 115 Å². The predicted octanol–water partition coefficient (Wildman–Crippen LogP) is 6.43. The molecule has 0 bridgehead atoms. The maximum atomic E-state index is 12.2. The molecule has 0 unspecified atom stereocenters. The van der Waals surface area contributed by atoms with Crippen molar-refractivity contribution in [3.8, 4) is 58.8 Å². The summed E-state index contributed by atoms with van der Waals surface area (Å²) in [7, 11) is 0. The Hall–Kier alpha value is -6.78. The molecule has 2 heterocycles. The first-order valence-electron chi connectivity index (χ1n) is 13.7. The summed E-state index contributed by atoms with van der Waals surface area (Å²) < 4.78 is 22.1. The zero-order valence-corrected chi connectivity index (χ0v) is 24.1. The number of nitrogens with two attached hydrogens (primary N) is 1. The molecule has 0 fully saturated rings. The fraction of sp³-hybridized carbons (Fsp3) is 0.0556. The Morgan fingerprint density at radius 1 is 0.696 bits per heavy atom. The number of hydrogen-bond acceptors (Lipinski definition) is 9. The smallest absolute Gasteiger partial charge is 0.280 e. The average Bonchev–Trinajstić information content (AvgIpc) is 3.07. The minimum atomic E-state index is -0.546. The van der Waals surface area contributed by atoms with Gasteiger partial charge in [0.2, 0.25) is 0 Å². The van der Waals surface area contributed by atoms with E-state index in [9.17, 15) is 19.7 Å². The summed E-state index contributed by atoms with van der Waals surface area (Å²) in [6.07, 6.45) is 10.3. The summed E-state index contributed by atoms with van der Waals surface area (Å²) in [4.78, 5) is 35.1. The van der Waals surface area contributed by atoms with Crippen LogP contribution >= 0.6 is 0 Å². The van der Waals surface area contributed by atoms with E-state index in [0.717, 1.165) is 0 Å². The summed E-state index contributed by atoms with van der Waals surface area (Å²) in [5.41, 5.74) is 7.49. The highest BCUT2D eigenvalue weighted by Gasteiger charge is 2.20. The van der Waals surface area contributed by atoms with Crippen LogP contribution in [0.4, 0.5) is 11.4 Å². The number of rotatable bonds is 7. The number of ether oxygens (including phenoxy) is 2. The summed E-state index contributed by atoms with van der Waals surface area (Å²) >= 11 is 0. The van der Waals surface area contributed by atoms with Gasteiger partial charge < -0.3 is 24.0 Å². The molecule has 46 heavy (non-hydrogen) atoms. The molecule has 0 amide bonds. The van der Waals surface area contributed by atoms with Crippen molar-refractivity contribution in [2.24, 2.45) is 0 Å². The maximum absolute atomic E-state index is 12.2. The molecule has 0 atom stereocenters. The third kappa shape index (κ3) is 6.72. The number of para-hydroxylation sites is 2. The molecule has 6 rings (SSSR count). The van der Waals surface area contributed by atoms with E-state index >= 15 is 0 Å². The Bertz CT molecular complexity index is 2290. The Morgan fingerprint density at radius 3 is 1.70 bits per heavy atom. The van der Waals surface area contributed by atoms with Crippen LogP contribution < -0.4 is 26.1 Å². The molecule has 2 aromatic heterocycles. The van der Waals surface area contributed by atoms with Crippen LogP contribution in [-0.2, 0) is 0 Å². The molecule has 10 heteroatoms. The van der Waals surface area contributed by atoms with E-state index in [1.165, 1.54) is 30.3 Å². The van der Waals surface area contributed by atoms with Crippen molar-refractivity contribution in [1.29, 1.82) is 0 Å². The van der Waals surface area contributed by atoms with Crippen LogP contribution in [0.3, 0.4) is 0 Å². The minimum Gasteiger partial charge on any atom is -0.481 e. The van der Waals surface area contributed by atoms with Crippen LogP contribution in [0, 0.1) is 34.8 Å². The van der Waals surface area contributed by atoms with Crippen LogP contribution in [0.1, 0.15) is 0 Å². The number of nitrogen functional groups attached to an aromatic ring is 1. The molecule has 2 N–H and O–H groups in total. The van der Waals surface area contributed by atoms with E-state index in [1.807, 2.05) is 6.07 Å². The molecule has 0 saturated heterocycles. The molecule has 0 aliphatic carbocycles. The molecule has 0 aliphatic heterocycles. The van der Waals surface area contributed by atoms with E-state index in [-0.39, 0.29) is 41.1 Å². The number of fused-ring (bicyclic) bond motifs is 2. The van der Waals surface area contributed by atoms with E-state index in [1.54, 1.807) is 60.7 Å². The highest BCUT2D eigenvalue weighted by molar-refractivity contribution is 5.82. The van der Waals surface area contributed by atoms with Crippen molar-refractivity contribution in [3.05, 3.63) is 128 Å². The van der Waals surface area contributed by atoms with Gasteiger partial charge in [-0.05, 0) is 54.6 Å². The number of anilines is 1. The molecule has 0 radical (unpaired) electrons. The van der Waals surface area contributed by atoms with Crippen molar-refractivity contribution in [1.82, 2.24) is 0 Å². The fourth-order valence-corrected chi connectivity index (χ4v) is 4.52. The summed E-state index contributed by atoms with van der Waals surface area (Å²) in [6.45, 7) is 0.184. The second kappa shape index (κ2) is 13.7. The monoisotopic (exact) mass is 612 g/mol. The van der Waals surface area contributed by atoms with Crippen molar-refractivity contribution < 1.29 is 23.2 Å². The summed E-state index contributed by atoms with van der Waals surface area (Å²) in [5, 5.41) is 12.2. The molecule has 0 saturated carbocycles. The lowest BCUT2D eigenvalue weighted by Crippen LogP contribution is -2.02. The number of nitrogens with zero attached hydrogens (tertiary/aromatic N) is 1. The van der Waals surface area contributed by atoms with Crippen molar-refractivity contribution in [2.75, 3.05) is 18.9 Å². The van der Waals surface area contributed by atoms with Crippen LogP contribution in [0.2, 0.25) is 0 Å². The van der Waals surface area contributed by atoms with E-state index in [4.69, 9.17) is 36.9 Å². The largest absolute Gasteiger partial charge is 0.481 e. The second-order valence-corrected chi connectivity index (χ2v) is 9.61. The molecule has 10 nitrogen and oxygen atoms in total. The van der Waals surface area contributed by atoms with E-state index in [2.05, 4.69) is 11.8 Å². The van der Waals surface area contributed by atoms with Crippen LogP contribution in [0.5, 0.6) is 11.5 Å². The van der Waals surface area contributed by atoms with Crippen LogP contribution in [-0.4, -0.2) is 18.1 Å². The lowest BCUT2D eigenvalue weighted by atomic mass is 10.1. The topological polar surface area (TPSA) is 148 Å². The zero-order valence-electron chi connectivity index (χ0n) is 24.1. The first-order valence-corrected chi connectivity index (χ1v) is 13.7. The third-order valence-electron chi connectivity index (χ3n) is 6.63. The van der Waals surface area contributed by atoms with E-state index < -0.39 is 4.92 Å². The lowest BCUT2D eigenvalue weighted by molar-refractivity contribution is -0.384. The Morgan fingerprint density at radius 2 is 1.17 bits per heavy atom. The Labute approximate surface area is 261 Å². The molecule has 0 spiro atoms. The van der Waals surface area contributed by atoms with Gasteiger partial charge in [0.05, 0.1) is 21.3 Å². The highest BCUT2D eigenvalue weighted by Crippen LogP contribution is 2.34. The van der Waals surface area contributed by atoms with Gasteiger partial charge in [0, 0.05) is 29.4 Å². The van der Waals surface area contributed by atoms with Gasteiger partial charge in [0.15, 0.2) is 10.9 Å². The standard InChI is InChI=1S/C18H11NO5.C18H13NO3/c1-2-9-23-12-7-8-15(19(21)22)14(10-12)18-11-16(20)13-5-3-4-6-17(13)24-18;1-2-9-21-12-7-8-15(19)14(10-12)18-11-16(20)13-5-3-4-6-17(13)22-18/h1,3-8,10-11H,9H2;1,3-8,10-11H,9,19H2.